The predicted octanol–water partition coefficient (Wildman–Crippen LogP) is 4.56. The summed E-state index contributed by atoms with van der Waals surface area (Å²) in [7, 11) is 0. The van der Waals surface area contributed by atoms with Gasteiger partial charge in [-0.1, -0.05) is 38.7 Å². The second-order valence-corrected chi connectivity index (χ2v) is 7.35. The van der Waals surface area contributed by atoms with Crippen molar-refractivity contribution in [2.45, 2.75) is 89.7 Å². The normalized spacial score (nSPS) is 19.9. The van der Waals surface area contributed by atoms with Crippen LogP contribution in [-0.2, 0) is 17.6 Å². The van der Waals surface area contributed by atoms with E-state index in [9.17, 15) is 4.79 Å². The van der Waals surface area contributed by atoms with Crippen molar-refractivity contribution in [2.75, 3.05) is 0 Å². The van der Waals surface area contributed by atoms with E-state index >= 15 is 0 Å². The van der Waals surface area contributed by atoms with Crippen molar-refractivity contribution in [3.8, 4) is 5.75 Å². The zero-order chi connectivity index (χ0) is 16.8. The minimum atomic E-state index is -0.380. The molecular formula is C21H31NO2. The third-order valence-corrected chi connectivity index (χ3v) is 5.46. The van der Waals surface area contributed by atoms with Crippen LogP contribution in [0.2, 0.25) is 0 Å². The third-order valence-electron chi connectivity index (χ3n) is 5.46. The second-order valence-electron chi connectivity index (χ2n) is 7.35. The Morgan fingerprint density at radius 2 is 1.79 bits per heavy atom. The van der Waals surface area contributed by atoms with Gasteiger partial charge in [-0.05, 0) is 68.2 Å². The molecule has 0 saturated heterocycles. The van der Waals surface area contributed by atoms with Crippen LogP contribution < -0.4 is 10.1 Å². The Bertz CT molecular complexity index is 547. The molecule has 1 saturated carbocycles. The Morgan fingerprint density at radius 1 is 1.08 bits per heavy atom. The van der Waals surface area contributed by atoms with Crippen LogP contribution in [0.15, 0.2) is 18.2 Å². The van der Waals surface area contributed by atoms with Crippen LogP contribution in [0.5, 0.6) is 5.75 Å². The van der Waals surface area contributed by atoms with Crippen LogP contribution >= 0.6 is 0 Å². The van der Waals surface area contributed by atoms with E-state index in [0.29, 0.717) is 12.5 Å². The lowest BCUT2D eigenvalue weighted by Crippen LogP contribution is -2.43. The lowest BCUT2D eigenvalue weighted by molar-refractivity contribution is -0.128. The fourth-order valence-electron chi connectivity index (χ4n) is 3.99. The highest BCUT2D eigenvalue weighted by atomic mass is 16.5. The Labute approximate surface area is 146 Å². The lowest BCUT2D eigenvalue weighted by Gasteiger charge is -2.23. The van der Waals surface area contributed by atoms with E-state index in [-0.39, 0.29) is 12.0 Å². The highest BCUT2D eigenvalue weighted by Gasteiger charge is 2.23. The molecule has 1 fully saturated rings. The molecule has 1 amide bonds. The number of nitrogens with one attached hydrogen (secondary N) is 1. The number of amides is 1. The molecule has 1 aromatic rings. The maximum absolute atomic E-state index is 12.6. The molecule has 24 heavy (non-hydrogen) atoms. The van der Waals surface area contributed by atoms with Crippen LogP contribution in [0.4, 0.5) is 0 Å². The molecule has 0 unspecified atom stereocenters. The maximum atomic E-state index is 12.6. The van der Waals surface area contributed by atoms with E-state index in [2.05, 4.69) is 17.4 Å². The third kappa shape index (κ3) is 4.52. The summed E-state index contributed by atoms with van der Waals surface area (Å²) in [6.45, 7) is 2.02. The zero-order valence-corrected chi connectivity index (χ0v) is 15.0. The molecule has 0 radical (unpaired) electrons. The summed E-state index contributed by atoms with van der Waals surface area (Å²) in [5.74, 6) is 0.903. The predicted molar refractivity (Wildman–Crippen MR) is 97.4 cm³/mol. The molecule has 3 heteroatoms. The molecule has 0 spiro atoms. The fraction of sp³-hybridized carbons (Fsp3) is 0.667. The SMILES string of the molecule is CC[C@@H](Oc1ccc2c(c1)CCCC2)C(=O)NC1CCCCCC1. The van der Waals surface area contributed by atoms with Gasteiger partial charge in [0.15, 0.2) is 6.10 Å². The summed E-state index contributed by atoms with van der Waals surface area (Å²) in [6, 6.07) is 6.70. The molecule has 0 heterocycles. The molecular weight excluding hydrogens is 298 g/mol. The van der Waals surface area contributed by atoms with Crippen LogP contribution in [0, 0.1) is 0 Å². The van der Waals surface area contributed by atoms with E-state index in [4.69, 9.17) is 4.74 Å². The molecule has 132 valence electrons. The quantitative estimate of drug-likeness (QED) is 0.804. The van der Waals surface area contributed by atoms with Gasteiger partial charge in [-0.25, -0.2) is 0 Å². The summed E-state index contributed by atoms with van der Waals surface area (Å²) < 4.78 is 6.05. The highest BCUT2D eigenvalue weighted by Crippen LogP contribution is 2.26. The molecule has 0 aliphatic heterocycles. The van der Waals surface area contributed by atoms with Crippen molar-refractivity contribution >= 4 is 5.91 Å². The monoisotopic (exact) mass is 329 g/mol. The summed E-state index contributed by atoms with van der Waals surface area (Å²) >= 11 is 0. The summed E-state index contributed by atoms with van der Waals surface area (Å²) in [5.41, 5.74) is 2.85. The number of aryl methyl sites for hydroxylation is 2. The van der Waals surface area contributed by atoms with Crippen LogP contribution in [0.1, 0.15) is 75.8 Å². The standard InChI is InChI=1S/C21H31NO2/c1-2-20(21(23)22-18-11-5-3-4-6-12-18)24-19-14-13-16-9-7-8-10-17(16)15-19/h13-15,18,20H,2-12H2,1H3,(H,22,23)/t20-/m1/s1. The van der Waals surface area contributed by atoms with Gasteiger partial charge in [0.05, 0.1) is 0 Å². The minimum absolute atomic E-state index is 0.0575. The topological polar surface area (TPSA) is 38.3 Å². The molecule has 3 nitrogen and oxygen atoms in total. The van der Waals surface area contributed by atoms with E-state index in [0.717, 1.165) is 25.0 Å². The largest absolute Gasteiger partial charge is 0.481 e. The first-order valence-corrected chi connectivity index (χ1v) is 9.85. The Balaban J connectivity index is 1.60. The molecule has 2 aliphatic rings. The van der Waals surface area contributed by atoms with Crippen molar-refractivity contribution in [1.82, 2.24) is 5.32 Å². The molecule has 1 N–H and O–H groups in total. The fourth-order valence-corrected chi connectivity index (χ4v) is 3.99. The lowest BCUT2D eigenvalue weighted by atomic mass is 9.92. The average molecular weight is 329 g/mol. The van der Waals surface area contributed by atoms with Crippen molar-refractivity contribution in [1.29, 1.82) is 0 Å². The van der Waals surface area contributed by atoms with E-state index in [1.807, 2.05) is 13.0 Å². The van der Waals surface area contributed by atoms with Gasteiger partial charge < -0.3 is 10.1 Å². The Morgan fingerprint density at radius 3 is 2.50 bits per heavy atom. The number of hydrogen-bond acceptors (Lipinski definition) is 2. The Kier molecular flexibility index (Phi) is 6.17. The maximum Gasteiger partial charge on any atom is 0.261 e. The van der Waals surface area contributed by atoms with E-state index in [1.165, 1.54) is 56.1 Å². The van der Waals surface area contributed by atoms with Gasteiger partial charge in [0.1, 0.15) is 5.75 Å². The minimum Gasteiger partial charge on any atom is -0.481 e. The summed E-state index contributed by atoms with van der Waals surface area (Å²) in [5, 5.41) is 3.23. The van der Waals surface area contributed by atoms with Gasteiger partial charge in [-0.15, -0.1) is 0 Å². The summed E-state index contributed by atoms with van der Waals surface area (Å²) in [4.78, 5) is 12.6. The van der Waals surface area contributed by atoms with Crippen LogP contribution in [0.25, 0.3) is 0 Å². The molecule has 1 atom stereocenters. The van der Waals surface area contributed by atoms with Gasteiger partial charge in [0.25, 0.3) is 5.91 Å². The first-order chi connectivity index (χ1) is 11.8. The summed E-state index contributed by atoms with van der Waals surface area (Å²) in [6.07, 6.45) is 12.5. The molecule has 0 aromatic heterocycles. The highest BCUT2D eigenvalue weighted by molar-refractivity contribution is 5.81. The smallest absolute Gasteiger partial charge is 0.261 e. The number of carbonyl (C=O) groups excluding carboxylic acids is 1. The average Bonchev–Trinajstić information content (AvgIpc) is 2.88. The van der Waals surface area contributed by atoms with E-state index < -0.39 is 0 Å². The zero-order valence-electron chi connectivity index (χ0n) is 15.0. The number of ether oxygens (including phenoxy) is 1. The van der Waals surface area contributed by atoms with Crippen LogP contribution in [-0.4, -0.2) is 18.1 Å². The van der Waals surface area contributed by atoms with Gasteiger partial charge in [-0.3, -0.25) is 4.79 Å². The first kappa shape index (κ1) is 17.3. The second kappa shape index (κ2) is 8.55. The van der Waals surface area contributed by atoms with Gasteiger partial charge in [-0.2, -0.15) is 0 Å². The number of rotatable bonds is 5. The van der Waals surface area contributed by atoms with Gasteiger partial charge in [0, 0.05) is 6.04 Å². The molecule has 0 bridgehead atoms. The Hall–Kier alpha value is -1.51. The van der Waals surface area contributed by atoms with Crippen molar-refractivity contribution in [3.05, 3.63) is 29.3 Å². The van der Waals surface area contributed by atoms with Crippen molar-refractivity contribution < 1.29 is 9.53 Å². The van der Waals surface area contributed by atoms with Crippen LogP contribution in [0.3, 0.4) is 0 Å². The number of carbonyl (C=O) groups is 1. The first-order valence-electron chi connectivity index (χ1n) is 9.85. The molecule has 3 rings (SSSR count). The van der Waals surface area contributed by atoms with E-state index in [1.54, 1.807) is 0 Å². The van der Waals surface area contributed by atoms with Crippen molar-refractivity contribution in [3.63, 3.8) is 0 Å². The van der Waals surface area contributed by atoms with Gasteiger partial charge >= 0.3 is 0 Å². The van der Waals surface area contributed by atoms with Gasteiger partial charge in [0.2, 0.25) is 0 Å². The molecule has 1 aromatic carbocycles. The number of hydrogen-bond donors (Lipinski definition) is 1. The number of benzene rings is 1. The van der Waals surface area contributed by atoms with Crippen molar-refractivity contribution in [2.24, 2.45) is 0 Å². The molecule has 2 aliphatic carbocycles. The number of fused-ring (bicyclic) bond motifs is 1.